The van der Waals surface area contributed by atoms with E-state index in [2.05, 4.69) is 15.2 Å². The molecule has 0 atom stereocenters. The monoisotopic (exact) mass is 451 g/mol. The number of sulfonamides is 1. The molecule has 0 aliphatic carbocycles. The first kappa shape index (κ1) is 22.9. The summed E-state index contributed by atoms with van der Waals surface area (Å²) in [5, 5.41) is 3.80. The number of aryl methyl sites for hydroxylation is 1. The summed E-state index contributed by atoms with van der Waals surface area (Å²) in [4.78, 5) is 24.1. The molecule has 8 nitrogen and oxygen atoms in total. The van der Waals surface area contributed by atoms with Crippen molar-refractivity contribution in [1.82, 2.24) is 10.1 Å². The molecule has 3 aromatic carbocycles. The lowest BCUT2D eigenvalue weighted by Gasteiger charge is -2.06. The molecule has 9 heteroatoms. The third kappa shape index (κ3) is 6.59. The van der Waals surface area contributed by atoms with Crippen molar-refractivity contribution in [3.05, 3.63) is 95.6 Å². The highest BCUT2D eigenvalue weighted by Gasteiger charge is 2.14. The van der Waals surface area contributed by atoms with Crippen LogP contribution in [0.2, 0.25) is 0 Å². The van der Waals surface area contributed by atoms with E-state index in [0.29, 0.717) is 16.9 Å². The van der Waals surface area contributed by atoms with E-state index in [4.69, 9.17) is 4.74 Å². The predicted molar refractivity (Wildman–Crippen MR) is 120 cm³/mol. The van der Waals surface area contributed by atoms with Crippen LogP contribution in [0.4, 0.5) is 0 Å². The fourth-order valence-corrected chi connectivity index (χ4v) is 3.63. The Labute approximate surface area is 186 Å². The largest absolute Gasteiger partial charge is 0.423 e. The lowest BCUT2D eigenvalue weighted by atomic mass is 10.1. The molecular formula is C23H21N3O5S. The van der Waals surface area contributed by atoms with Crippen LogP contribution in [0.3, 0.4) is 0 Å². The number of amides is 1. The molecule has 0 radical (unpaired) electrons. The SMILES string of the molecule is Cc1cccc(C(=O)Oc2ccc(/C=N/NC(=O)CNS(=O)(=O)c3ccccc3)cc2)c1. The second-order valence-corrected chi connectivity index (χ2v) is 8.53. The van der Waals surface area contributed by atoms with Gasteiger partial charge in [0, 0.05) is 0 Å². The smallest absolute Gasteiger partial charge is 0.343 e. The molecule has 1 amide bonds. The van der Waals surface area contributed by atoms with Gasteiger partial charge >= 0.3 is 5.97 Å². The van der Waals surface area contributed by atoms with E-state index in [-0.39, 0.29) is 4.90 Å². The number of hydrazone groups is 1. The number of hydrogen-bond donors (Lipinski definition) is 2. The Hall–Kier alpha value is -3.82. The Kier molecular flexibility index (Phi) is 7.48. The molecule has 0 aliphatic rings. The van der Waals surface area contributed by atoms with Gasteiger partial charge in [0.25, 0.3) is 5.91 Å². The van der Waals surface area contributed by atoms with E-state index in [1.165, 1.54) is 18.3 Å². The highest BCUT2D eigenvalue weighted by atomic mass is 32.2. The first-order valence-corrected chi connectivity index (χ1v) is 11.1. The molecular weight excluding hydrogens is 430 g/mol. The van der Waals surface area contributed by atoms with Crippen LogP contribution in [-0.4, -0.2) is 33.1 Å². The molecule has 0 aliphatic heterocycles. The third-order valence-corrected chi connectivity index (χ3v) is 5.64. The van der Waals surface area contributed by atoms with Crippen LogP contribution < -0.4 is 14.9 Å². The van der Waals surface area contributed by atoms with Crippen LogP contribution in [0.5, 0.6) is 5.75 Å². The average Bonchev–Trinajstić information content (AvgIpc) is 2.79. The van der Waals surface area contributed by atoms with E-state index in [9.17, 15) is 18.0 Å². The fraction of sp³-hybridized carbons (Fsp3) is 0.0870. The number of carbonyl (C=O) groups is 2. The number of esters is 1. The summed E-state index contributed by atoms with van der Waals surface area (Å²) in [6.45, 7) is 1.43. The Morgan fingerprint density at radius 2 is 1.69 bits per heavy atom. The standard InChI is InChI=1S/C23H21N3O5S/c1-17-6-5-7-19(14-17)23(28)31-20-12-10-18(11-13-20)15-24-26-22(27)16-25-32(29,30)21-8-3-2-4-9-21/h2-15,25H,16H2,1H3,(H,26,27)/b24-15+. The number of benzene rings is 3. The summed E-state index contributed by atoms with van der Waals surface area (Å²) in [5.74, 6) is -0.710. The molecule has 0 spiro atoms. The number of hydrogen-bond acceptors (Lipinski definition) is 6. The van der Waals surface area contributed by atoms with Crippen molar-refractivity contribution in [1.29, 1.82) is 0 Å². The Morgan fingerprint density at radius 3 is 2.38 bits per heavy atom. The molecule has 0 fully saturated rings. The van der Waals surface area contributed by atoms with Gasteiger partial charge in [0.2, 0.25) is 10.0 Å². The van der Waals surface area contributed by atoms with E-state index in [1.807, 2.05) is 13.0 Å². The van der Waals surface area contributed by atoms with Gasteiger partial charge in [-0.15, -0.1) is 0 Å². The number of carbonyl (C=O) groups excluding carboxylic acids is 2. The highest BCUT2D eigenvalue weighted by Crippen LogP contribution is 2.14. The molecule has 0 saturated carbocycles. The Morgan fingerprint density at radius 1 is 0.969 bits per heavy atom. The molecule has 164 valence electrons. The normalized spacial score (nSPS) is 11.3. The molecule has 0 heterocycles. The van der Waals surface area contributed by atoms with Gasteiger partial charge in [-0.05, 0) is 61.0 Å². The number of rotatable bonds is 8. The second-order valence-electron chi connectivity index (χ2n) is 6.76. The molecule has 32 heavy (non-hydrogen) atoms. The van der Waals surface area contributed by atoms with Gasteiger partial charge in [0.05, 0.1) is 23.2 Å². The van der Waals surface area contributed by atoms with Gasteiger partial charge in [-0.3, -0.25) is 4.79 Å². The van der Waals surface area contributed by atoms with Crippen LogP contribution in [0.15, 0.2) is 88.9 Å². The molecule has 3 aromatic rings. The first-order chi connectivity index (χ1) is 15.3. The summed E-state index contributed by atoms with van der Waals surface area (Å²) >= 11 is 0. The predicted octanol–water partition coefficient (Wildman–Crippen LogP) is 2.64. The van der Waals surface area contributed by atoms with Gasteiger partial charge in [-0.25, -0.2) is 23.4 Å². The highest BCUT2D eigenvalue weighted by molar-refractivity contribution is 7.89. The summed E-state index contributed by atoms with van der Waals surface area (Å²) in [6.07, 6.45) is 1.38. The minimum Gasteiger partial charge on any atom is -0.423 e. The van der Waals surface area contributed by atoms with E-state index in [0.717, 1.165) is 5.56 Å². The quantitative estimate of drug-likeness (QED) is 0.237. The third-order valence-electron chi connectivity index (χ3n) is 4.22. The van der Waals surface area contributed by atoms with Gasteiger partial charge < -0.3 is 4.74 Å². The average molecular weight is 452 g/mol. The Balaban J connectivity index is 1.48. The molecule has 0 aromatic heterocycles. The molecule has 0 saturated heterocycles. The van der Waals surface area contributed by atoms with E-state index < -0.39 is 28.4 Å². The maximum Gasteiger partial charge on any atom is 0.343 e. The van der Waals surface area contributed by atoms with Crippen LogP contribution in [0, 0.1) is 6.92 Å². The van der Waals surface area contributed by atoms with Crippen molar-refractivity contribution in [2.24, 2.45) is 5.10 Å². The van der Waals surface area contributed by atoms with Gasteiger partial charge in [0.1, 0.15) is 5.75 Å². The minimum absolute atomic E-state index is 0.0690. The molecule has 0 bridgehead atoms. The van der Waals surface area contributed by atoms with Gasteiger partial charge in [-0.2, -0.15) is 5.10 Å². The maximum absolute atomic E-state index is 12.2. The fourth-order valence-electron chi connectivity index (χ4n) is 2.62. The minimum atomic E-state index is -3.77. The number of ether oxygens (including phenoxy) is 1. The Bertz CT molecular complexity index is 1220. The molecule has 0 unspecified atom stereocenters. The number of nitrogens with one attached hydrogen (secondary N) is 2. The topological polar surface area (TPSA) is 114 Å². The summed E-state index contributed by atoms with van der Waals surface area (Å²) in [7, 11) is -3.77. The zero-order chi connectivity index (χ0) is 23.0. The summed E-state index contributed by atoms with van der Waals surface area (Å²) in [6, 6.07) is 21.4. The van der Waals surface area contributed by atoms with Crippen LogP contribution in [-0.2, 0) is 14.8 Å². The van der Waals surface area contributed by atoms with Crippen LogP contribution in [0.25, 0.3) is 0 Å². The molecule has 2 N–H and O–H groups in total. The zero-order valence-electron chi connectivity index (χ0n) is 17.2. The van der Waals surface area contributed by atoms with Crippen molar-refractivity contribution < 1.29 is 22.7 Å². The maximum atomic E-state index is 12.2. The summed E-state index contributed by atoms with van der Waals surface area (Å²) in [5.41, 5.74) is 4.31. The van der Waals surface area contributed by atoms with Crippen molar-refractivity contribution in [2.75, 3.05) is 6.54 Å². The van der Waals surface area contributed by atoms with Crippen molar-refractivity contribution >= 4 is 28.1 Å². The van der Waals surface area contributed by atoms with Gasteiger partial charge in [-0.1, -0.05) is 35.9 Å². The van der Waals surface area contributed by atoms with E-state index in [1.54, 1.807) is 60.7 Å². The van der Waals surface area contributed by atoms with E-state index >= 15 is 0 Å². The zero-order valence-corrected chi connectivity index (χ0v) is 18.0. The van der Waals surface area contributed by atoms with Crippen molar-refractivity contribution in [2.45, 2.75) is 11.8 Å². The van der Waals surface area contributed by atoms with Crippen molar-refractivity contribution in [3.63, 3.8) is 0 Å². The summed E-state index contributed by atoms with van der Waals surface area (Å²) < 4.78 is 31.7. The first-order valence-electron chi connectivity index (χ1n) is 9.59. The number of nitrogens with zero attached hydrogens (tertiary/aromatic N) is 1. The lowest BCUT2D eigenvalue weighted by molar-refractivity contribution is -0.119. The van der Waals surface area contributed by atoms with Gasteiger partial charge in [0.15, 0.2) is 0 Å². The lowest BCUT2D eigenvalue weighted by Crippen LogP contribution is -2.34. The van der Waals surface area contributed by atoms with Crippen LogP contribution >= 0.6 is 0 Å². The molecule has 3 rings (SSSR count). The second kappa shape index (κ2) is 10.5. The van der Waals surface area contributed by atoms with Crippen molar-refractivity contribution in [3.8, 4) is 5.75 Å². The van der Waals surface area contributed by atoms with Crippen LogP contribution in [0.1, 0.15) is 21.5 Å².